The molecule has 1 fully saturated rings. The largest absolute Gasteiger partial charge is 0.416 e. The summed E-state index contributed by atoms with van der Waals surface area (Å²) in [6, 6.07) is 12.2. The molecule has 5 nitrogen and oxygen atoms in total. The highest BCUT2D eigenvalue weighted by Crippen LogP contribution is 2.37. The predicted octanol–water partition coefficient (Wildman–Crippen LogP) is 5.67. The topological polar surface area (TPSA) is 66.9 Å². The van der Waals surface area contributed by atoms with Gasteiger partial charge in [0.2, 0.25) is 0 Å². The molecule has 0 bridgehead atoms. The van der Waals surface area contributed by atoms with Crippen LogP contribution >= 0.6 is 0 Å². The summed E-state index contributed by atoms with van der Waals surface area (Å²) in [5, 5.41) is 5.77. The molecular weight excluding hydrogens is 460 g/mol. The van der Waals surface area contributed by atoms with Crippen LogP contribution in [0.4, 0.5) is 22.4 Å². The third-order valence-electron chi connectivity index (χ3n) is 6.22. The molecule has 1 atom stereocenters. The molecule has 3 aromatic rings. The number of aryl methyl sites for hydroxylation is 1. The Kier molecular flexibility index (Phi) is 7.05. The van der Waals surface area contributed by atoms with Crippen LogP contribution in [0.2, 0.25) is 0 Å². The molecule has 4 rings (SSSR count). The second-order valence-electron chi connectivity index (χ2n) is 8.90. The van der Waals surface area contributed by atoms with Crippen LogP contribution in [-0.2, 0) is 18.1 Å². The highest BCUT2D eigenvalue weighted by atomic mass is 19.4. The van der Waals surface area contributed by atoms with Crippen LogP contribution in [0.15, 0.2) is 60.8 Å². The van der Waals surface area contributed by atoms with E-state index in [0.29, 0.717) is 17.3 Å². The summed E-state index contributed by atoms with van der Waals surface area (Å²) in [5.74, 6) is -1.00. The number of halogens is 4. The molecule has 1 aromatic heterocycles. The normalized spacial score (nSPS) is 16.0. The van der Waals surface area contributed by atoms with Crippen molar-refractivity contribution in [3.8, 4) is 0 Å². The predicted molar refractivity (Wildman–Crippen MR) is 123 cm³/mol. The maximum Gasteiger partial charge on any atom is 0.416 e. The van der Waals surface area contributed by atoms with E-state index in [0.717, 1.165) is 37.8 Å². The maximum absolute atomic E-state index is 14.6. The van der Waals surface area contributed by atoms with Crippen molar-refractivity contribution in [3.63, 3.8) is 0 Å². The smallest absolute Gasteiger partial charge is 0.335 e. The first-order valence-electron chi connectivity index (χ1n) is 11.5. The maximum atomic E-state index is 14.6. The minimum atomic E-state index is -4.78. The molecule has 1 aliphatic rings. The van der Waals surface area contributed by atoms with E-state index in [-0.39, 0.29) is 23.9 Å². The summed E-state index contributed by atoms with van der Waals surface area (Å²) >= 11 is 0. The molecule has 1 heterocycles. The van der Waals surface area contributed by atoms with Crippen LogP contribution in [0.1, 0.15) is 53.9 Å². The van der Waals surface area contributed by atoms with Crippen molar-refractivity contribution in [1.82, 2.24) is 20.6 Å². The van der Waals surface area contributed by atoms with Crippen LogP contribution in [0.25, 0.3) is 0 Å². The van der Waals surface area contributed by atoms with Crippen molar-refractivity contribution in [2.45, 2.75) is 56.8 Å². The van der Waals surface area contributed by atoms with Crippen molar-refractivity contribution in [2.75, 3.05) is 0 Å². The summed E-state index contributed by atoms with van der Waals surface area (Å²) in [4.78, 5) is 22.0. The number of rotatable bonds is 6. The zero-order valence-electron chi connectivity index (χ0n) is 19.2. The van der Waals surface area contributed by atoms with Crippen molar-refractivity contribution in [2.24, 2.45) is 0 Å². The van der Waals surface area contributed by atoms with Crippen LogP contribution < -0.4 is 10.6 Å². The lowest BCUT2D eigenvalue weighted by molar-refractivity contribution is -0.137. The van der Waals surface area contributed by atoms with Gasteiger partial charge in [0.25, 0.3) is 0 Å². The molecule has 0 spiro atoms. The van der Waals surface area contributed by atoms with E-state index in [4.69, 9.17) is 0 Å². The average molecular weight is 487 g/mol. The van der Waals surface area contributed by atoms with Gasteiger partial charge in [-0.05, 0) is 55.2 Å². The Morgan fingerprint density at radius 2 is 1.71 bits per heavy atom. The van der Waals surface area contributed by atoms with Gasteiger partial charge in [0, 0.05) is 24.4 Å². The van der Waals surface area contributed by atoms with Crippen molar-refractivity contribution in [1.29, 1.82) is 0 Å². The van der Waals surface area contributed by atoms with Gasteiger partial charge in [-0.3, -0.25) is 0 Å². The first-order valence-corrected chi connectivity index (χ1v) is 11.5. The molecule has 184 valence electrons. The van der Waals surface area contributed by atoms with Crippen LogP contribution in [0.5, 0.6) is 0 Å². The van der Waals surface area contributed by atoms with Gasteiger partial charge in [0.05, 0.1) is 5.56 Å². The minimum absolute atomic E-state index is 0.0101. The SMILES string of the molecule is Cc1ccnc([C@@](Cc2ccccc2)(NC(=O)NC2CCCC2)c2cc(F)cc(C(F)(F)F)c2)n1. The molecule has 35 heavy (non-hydrogen) atoms. The second kappa shape index (κ2) is 10.0. The quantitative estimate of drug-likeness (QED) is 0.441. The second-order valence-corrected chi connectivity index (χ2v) is 8.90. The van der Waals surface area contributed by atoms with Crippen LogP contribution in [-0.4, -0.2) is 22.0 Å². The molecular formula is C26H26F4N4O. The standard InChI is InChI=1S/C26H26F4N4O/c1-17-11-12-31-23(32-17)25(16-18-7-3-2-4-8-18,34-24(35)33-22-9-5-6-10-22)19-13-20(26(28,29)30)15-21(27)14-19/h2-4,7-8,11-15,22H,5-6,9-10,16H2,1H3,(H2,33,34,35)/t25-/m0/s1. The molecule has 0 unspecified atom stereocenters. The van der Waals surface area contributed by atoms with Gasteiger partial charge in [-0.25, -0.2) is 19.2 Å². The number of aromatic nitrogens is 2. The third-order valence-corrected chi connectivity index (χ3v) is 6.22. The Bertz CT molecular complexity index is 1180. The fourth-order valence-corrected chi connectivity index (χ4v) is 4.52. The van der Waals surface area contributed by atoms with E-state index >= 15 is 0 Å². The number of carbonyl (C=O) groups excluding carboxylic acids is 1. The Morgan fingerprint density at radius 1 is 1.03 bits per heavy atom. The van der Waals surface area contributed by atoms with Gasteiger partial charge in [-0.15, -0.1) is 0 Å². The van der Waals surface area contributed by atoms with Gasteiger partial charge in [-0.1, -0.05) is 43.2 Å². The molecule has 2 aromatic carbocycles. The van der Waals surface area contributed by atoms with Gasteiger partial charge in [0.1, 0.15) is 11.4 Å². The van der Waals surface area contributed by atoms with Crippen LogP contribution in [0, 0.1) is 12.7 Å². The third kappa shape index (κ3) is 5.78. The number of nitrogens with one attached hydrogen (secondary N) is 2. The van der Waals surface area contributed by atoms with Gasteiger partial charge in [-0.2, -0.15) is 13.2 Å². The van der Waals surface area contributed by atoms with Crippen molar-refractivity contribution >= 4 is 6.03 Å². The summed E-state index contributed by atoms with van der Waals surface area (Å²) in [6.07, 6.45) is 0.305. The van der Waals surface area contributed by atoms with E-state index in [1.165, 1.54) is 6.20 Å². The summed E-state index contributed by atoms with van der Waals surface area (Å²) in [5.41, 5.74) is -1.66. The zero-order chi connectivity index (χ0) is 25.1. The number of amides is 2. The Morgan fingerprint density at radius 3 is 2.37 bits per heavy atom. The number of alkyl halides is 3. The Balaban J connectivity index is 1.90. The number of urea groups is 1. The van der Waals surface area contributed by atoms with Crippen molar-refractivity contribution in [3.05, 3.63) is 94.8 Å². The average Bonchev–Trinajstić information content (AvgIpc) is 3.31. The Labute approximate surface area is 201 Å². The van der Waals surface area contributed by atoms with Crippen LogP contribution in [0.3, 0.4) is 0 Å². The first-order chi connectivity index (χ1) is 16.7. The molecule has 0 aliphatic heterocycles. The van der Waals surface area contributed by atoms with E-state index in [1.54, 1.807) is 43.3 Å². The fraction of sp³-hybridized carbons (Fsp3) is 0.346. The van der Waals surface area contributed by atoms with Gasteiger partial charge in [0.15, 0.2) is 5.82 Å². The van der Waals surface area contributed by atoms with Gasteiger partial charge < -0.3 is 10.6 Å². The lowest BCUT2D eigenvalue weighted by Gasteiger charge is -2.35. The Hall–Kier alpha value is -3.49. The van der Waals surface area contributed by atoms with E-state index in [2.05, 4.69) is 20.6 Å². The molecule has 0 radical (unpaired) electrons. The highest BCUT2D eigenvalue weighted by molar-refractivity contribution is 5.76. The molecule has 2 amide bonds. The summed E-state index contributed by atoms with van der Waals surface area (Å²) in [7, 11) is 0. The summed E-state index contributed by atoms with van der Waals surface area (Å²) in [6.45, 7) is 1.71. The van der Waals surface area contributed by atoms with E-state index in [1.807, 2.05) is 0 Å². The van der Waals surface area contributed by atoms with Gasteiger partial charge >= 0.3 is 12.2 Å². The van der Waals surface area contributed by atoms with Crippen molar-refractivity contribution < 1.29 is 22.4 Å². The molecule has 1 saturated carbocycles. The number of hydrogen-bond acceptors (Lipinski definition) is 3. The number of nitrogens with zero attached hydrogens (tertiary/aromatic N) is 2. The minimum Gasteiger partial charge on any atom is -0.335 e. The highest BCUT2D eigenvalue weighted by Gasteiger charge is 2.42. The monoisotopic (exact) mass is 486 g/mol. The van der Waals surface area contributed by atoms with E-state index < -0.39 is 29.1 Å². The number of benzene rings is 2. The lowest BCUT2D eigenvalue weighted by atomic mass is 9.81. The molecule has 9 heteroatoms. The van der Waals surface area contributed by atoms with E-state index in [9.17, 15) is 22.4 Å². The molecule has 2 N–H and O–H groups in total. The fourth-order valence-electron chi connectivity index (χ4n) is 4.52. The molecule has 0 saturated heterocycles. The zero-order valence-corrected chi connectivity index (χ0v) is 19.2. The molecule has 1 aliphatic carbocycles. The first kappa shape index (κ1) is 24.6. The number of hydrogen-bond donors (Lipinski definition) is 2. The number of carbonyl (C=O) groups is 1. The lowest BCUT2D eigenvalue weighted by Crippen LogP contribution is -2.54. The summed E-state index contributed by atoms with van der Waals surface area (Å²) < 4.78 is 55.6.